The topological polar surface area (TPSA) is 88.5 Å². The van der Waals surface area contributed by atoms with Crippen molar-refractivity contribution in [3.05, 3.63) is 23.9 Å². The summed E-state index contributed by atoms with van der Waals surface area (Å²) in [5.41, 5.74) is -0.987. The molecule has 108 valence electrons. The van der Waals surface area contributed by atoms with Crippen LogP contribution in [0.5, 0.6) is 5.88 Å². The zero-order chi connectivity index (χ0) is 14.8. The molecular formula is C14H18N2O4. The number of hydrogen-bond acceptors (Lipinski definition) is 4. The third-order valence-corrected chi connectivity index (χ3v) is 3.30. The maximum Gasteiger partial charge on any atom is 0.328 e. The number of carbonyl (C=O) groups excluding carboxylic acids is 1. The summed E-state index contributed by atoms with van der Waals surface area (Å²) in [6.45, 7) is 2.86. The molecule has 0 unspecified atom stereocenters. The van der Waals surface area contributed by atoms with E-state index in [1.807, 2.05) is 0 Å². The second kappa shape index (κ2) is 5.48. The molecule has 0 bridgehead atoms. The van der Waals surface area contributed by atoms with E-state index in [-0.39, 0.29) is 6.10 Å². The summed E-state index contributed by atoms with van der Waals surface area (Å²) in [6.07, 6.45) is 4.82. The first-order valence-corrected chi connectivity index (χ1v) is 6.57. The number of hydrogen-bond donors (Lipinski definition) is 2. The maximum absolute atomic E-state index is 12.0. The van der Waals surface area contributed by atoms with E-state index in [4.69, 9.17) is 9.84 Å². The Morgan fingerprint density at radius 1 is 1.45 bits per heavy atom. The highest BCUT2D eigenvalue weighted by atomic mass is 16.5. The molecule has 20 heavy (non-hydrogen) atoms. The molecule has 6 nitrogen and oxygen atoms in total. The normalized spacial score (nSPS) is 15.3. The van der Waals surface area contributed by atoms with Crippen LogP contribution in [0.3, 0.4) is 0 Å². The Balaban J connectivity index is 2.05. The number of carboxylic acids is 1. The lowest BCUT2D eigenvalue weighted by Gasteiger charge is -2.26. The first-order chi connectivity index (χ1) is 9.38. The van der Waals surface area contributed by atoms with E-state index < -0.39 is 17.4 Å². The molecule has 1 aliphatic rings. The van der Waals surface area contributed by atoms with E-state index in [2.05, 4.69) is 10.3 Å². The highest BCUT2D eigenvalue weighted by Crippen LogP contribution is 2.24. The smallest absolute Gasteiger partial charge is 0.328 e. The summed E-state index contributed by atoms with van der Waals surface area (Å²) < 4.78 is 5.61. The zero-order valence-corrected chi connectivity index (χ0v) is 11.5. The van der Waals surface area contributed by atoms with Gasteiger partial charge in [-0.25, -0.2) is 9.78 Å². The van der Waals surface area contributed by atoms with Crippen LogP contribution in [0.4, 0.5) is 0 Å². The molecule has 0 radical (unpaired) electrons. The van der Waals surface area contributed by atoms with Gasteiger partial charge in [-0.3, -0.25) is 4.79 Å². The summed E-state index contributed by atoms with van der Waals surface area (Å²) in [7, 11) is 0. The van der Waals surface area contributed by atoms with Gasteiger partial charge in [-0.05, 0) is 39.2 Å². The number of aromatic nitrogens is 1. The molecule has 2 N–H and O–H groups in total. The Labute approximate surface area is 117 Å². The number of carboxylic acid groups (broad SMARTS) is 1. The van der Waals surface area contributed by atoms with Crippen molar-refractivity contribution in [3.8, 4) is 5.88 Å². The molecule has 6 heteroatoms. The van der Waals surface area contributed by atoms with Crippen molar-refractivity contribution in [2.24, 2.45) is 0 Å². The second-order valence-corrected chi connectivity index (χ2v) is 5.44. The Hall–Kier alpha value is -2.11. The van der Waals surface area contributed by atoms with Crippen molar-refractivity contribution >= 4 is 11.9 Å². The largest absolute Gasteiger partial charge is 0.480 e. The highest BCUT2D eigenvalue weighted by molar-refractivity contribution is 5.97. The number of carbonyl (C=O) groups is 2. The molecular weight excluding hydrogens is 260 g/mol. The van der Waals surface area contributed by atoms with Crippen LogP contribution in [0, 0.1) is 0 Å². The maximum atomic E-state index is 12.0. The Morgan fingerprint density at radius 2 is 2.15 bits per heavy atom. The third kappa shape index (κ3) is 3.26. The lowest BCUT2D eigenvalue weighted by atomic mass is 9.96. The van der Waals surface area contributed by atoms with Crippen LogP contribution in [-0.2, 0) is 4.79 Å². The number of nitrogens with zero attached hydrogens (tertiary/aromatic N) is 1. The number of amides is 1. The Morgan fingerprint density at radius 3 is 2.70 bits per heavy atom. The van der Waals surface area contributed by atoms with Crippen molar-refractivity contribution in [1.29, 1.82) is 0 Å². The van der Waals surface area contributed by atoms with E-state index >= 15 is 0 Å². The van der Waals surface area contributed by atoms with Crippen LogP contribution in [0.1, 0.15) is 43.5 Å². The minimum atomic E-state index is -1.32. The lowest BCUT2D eigenvalue weighted by molar-refractivity contribution is -0.143. The minimum absolute atomic E-state index is 0.177. The summed E-state index contributed by atoms with van der Waals surface area (Å²) in [6, 6.07) is 3.06. The molecule has 2 rings (SSSR count). The van der Waals surface area contributed by atoms with Crippen molar-refractivity contribution in [2.45, 2.75) is 44.8 Å². The predicted octanol–water partition coefficient (Wildman–Crippen LogP) is 1.61. The number of nitrogens with one attached hydrogen (secondary N) is 1. The van der Waals surface area contributed by atoms with E-state index in [1.165, 1.54) is 32.2 Å². The molecule has 1 heterocycles. The molecule has 0 aliphatic heterocycles. The summed E-state index contributed by atoms with van der Waals surface area (Å²) in [5.74, 6) is -1.15. The average molecular weight is 278 g/mol. The molecule has 0 spiro atoms. The van der Waals surface area contributed by atoms with Crippen molar-refractivity contribution in [2.75, 3.05) is 0 Å². The first-order valence-electron chi connectivity index (χ1n) is 6.57. The fraction of sp³-hybridized carbons (Fsp3) is 0.500. The van der Waals surface area contributed by atoms with E-state index in [0.717, 1.165) is 19.3 Å². The molecule has 1 saturated carbocycles. The van der Waals surface area contributed by atoms with Gasteiger partial charge in [0.1, 0.15) is 11.6 Å². The van der Waals surface area contributed by atoms with E-state index in [1.54, 1.807) is 0 Å². The van der Waals surface area contributed by atoms with Crippen LogP contribution in [0.15, 0.2) is 18.3 Å². The van der Waals surface area contributed by atoms with Crippen LogP contribution in [0.25, 0.3) is 0 Å². The van der Waals surface area contributed by atoms with Gasteiger partial charge in [0.15, 0.2) is 0 Å². The van der Waals surface area contributed by atoms with Crippen molar-refractivity contribution in [3.63, 3.8) is 0 Å². The molecule has 0 aromatic carbocycles. The van der Waals surface area contributed by atoms with Gasteiger partial charge in [0.2, 0.25) is 5.88 Å². The Kier molecular flexibility index (Phi) is 3.92. The fourth-order valence-electron chi connectivity index (χ4n) is 1.68. The molecule has 1 aliphatic carbocycles. The highest BCUT2D eigenvalue weighted by Gasteiger charge is 2.29. The fourth-order valence-corrected chi connectivity index (χ4v) is 1.68. The van der Waals surface area contributed by atoms with Crippen LogP contribution < -0.4 is 10.1 Å². The van der Waals surface area contributed by atoms with E-state index in [9.17, 15) is 9.59 Å². The van der Waals surface area contributed by atoms with Crippen LogP contribution in [0.2, 0.25) is 0 Å². The number of ether oxygens (including phenoxy) is 1. The molecule has 1 fully saturated rings. The monoisotopic (exact) mass is 278 g/mol. The predicted molar refractivity (Wildman–Crippen MR) is 71.7 cm³/mol. The molecule has 0 saturated heterocycles. The zero-order valence-electron chi connectivity index (χ0n) is 11.5. The van der Waals surface area contributed by atoms with Gasteiger partial charge in [0.05, 0.1) is 0 Å². The van der Waals surface area contributed by atoms with Crippen molar-refractivity contribution in [1.82, 2.24) is 10.3 Å². The average Bonchev–Trinajstić information content (AvgIpc) is 2.33. The van der Waals surface area contributed by atoms with Gasteiger partial charge >= 0.3 is 5.97 Å². The SMILES string of the molecule is CC(C)(NC(=O)c1ccnc(OC2CCC2)c1)C(=O)O. The summed E-state index contributed by atoms with van der Waals surface area (Å²) >= 11 is 0. The Bertz CT molecular complexity index is 524. The molecule has 1 amide bonds. The molecule has 1 aromatic heterocycles. The molecule has 0 atom stereocenters. The van der Waals surface area contributed by atoms with Gasteiger partial charge in [-0.1, -0.05) is 0 Å². The summed E-state index contributed by atoms with van der Waals surface area (Å²) in [5, 5.41) is 11.5. The van der Waals surface area contributed by atoms with Crippen LogP contribution in [-0.4, -0.2) is 33.6 Å². The standard InChI is InChI=1S/C14H18N2O4/c1-14(2,13(18)19)16-12(17)9-6-7-15-11(8-9)20-10-4-3-5-10/h6-8,10H,3-5H2,1-2H3,(H,16,17)(H,18,19). The number of aliphatic carboxylic acids is 1. The number of pyridine rings is 1. The molecule has 1 aromatic rings. The number of rotatable bonds is 5. The van der Waals surface area contributed by atoms with Gasteiger partial charge in [0.25, 0.3) is 5.91 Å². The summed E-state index contributed by atoms with van der Waals surface area (Å²) in [4.78, 5) is 27.1. The third-order valence-electron chi connectivity index (χ3n) is 3.30. The van der Waals surface area contributed by atoms with Crippen LogP contribution >= 0.6 is 0 Å². The quantitative estimate of drug-likeness (QED) is 0.854. The van der Waals surface area contributed by atoms with Crippen molar-refractivity contribution < 1.29 is 19.4 Å². The van der Waals surface area contributed by atoms with Gasteiger partial charge < -0.3 is 15.2 Å². The van der Waals surface area contributed by atoms with Gasteiger partial charge in [-0.15, -0.1) is 0 Å². The van der Waals surface area contributed by atoms with Gasteiger partial charge in [-0.2, -0.15) is 0 Å². The van der Waals surface area contributed by atoms with E-state index in [0.29, 0.717) is 11.4 Å². The van der Waals surface area contributed by atoms with Gasteiger partial charge in [0, 0.05) is 17.8 Å². The first kappa shape index (κ1) is 14.3. The minimum Gasteiger partial charge on any atom is -0.480 e. The second-order valence-electron chi connectivity index (χ2n) is 5.44. The lowest BCUT2D eigenvalue weighted by Crippen LogP contribution is -2.49.